The van der Waals surface area contributed by atoms with Crippen LogP contribution >= 0.6 is 0 Å². The summed E-state index contributed by atoms with van der Waals surface area (Å²) < 4.78 is 1.38. The Morgan fingerprint density at radius 3 is 2.57 bits per heavy atom. The molecular formula is C21H26N4O3. The van der Waals surface area contributed by atoms with E-state index in [-0.39, 0.29) is 24.9 Å². The van der Waals surface area contributed by atoms with Crippen molar-refractivity contribution in [3.8, 4) is 0 Å². The maximum absolute atomic E-state index is 13.0. The summed E-state index contributed by atoms with van der Waals surface area (Å²) in [6, 6.07) is 12.4. The van der Waals surface area contributed by atoms with Crippen LogP contribution in [0.15, 0.2) is 52.2 Å². The third-order valence-corrected chi connectivity index (χ3v) is 5.68. The maximum atomic E-state index is 13.0. The van der Waals surface area contributed by atoms with Crippen LogP contribution in [0, 0.1) is 0 Å². The van der Waals surface area contributed by atoms with Crippen molar-refractivity contribution in [2.75, 3.05) is 19.6 Å². The van der Waals surface area contributed by atoms with Crippen LogP contribution in [0.2, 0.25) is 0 Å². The molecule has 1 atom stereocenters. The zero-order valence-electron chi connectivity index (χ0n) is 15.9. The van der Waals surface area contributed by atoms with Gasteiger partial charge < -0.3 is 9.47 Å². The third kappa shape index (κ3) is 4.42. The Balaban J connectivity index is 1.44. The predicted molar refractivity (Wildman–Crippen MR) is 106 cm³/mol. The minimum atomic E-state index is -0.473. The van der Waals surface area contributed by atoms with Crippen LogP contribution in [-0.2, 0) is 17.8 Å². The zero-order valence-corrected chi connectivity index (χ0v) is 15.9. The van der Waals surface area contributed by atoms with Crippen LogP contribution < -0.4 is 11.2 Å². The van der Waals surface area contributed by atoms with Crippen molar-refractivity contribution < 1.29 is 4.79 Å². The molecule has 1 N–H and O–H groups in total. The second-order valence-electron chi connectivity index (χ2n) is 7.71. The number of hydrogen-bond donors (Lipinski definition) is 1. The fraction of sp³-hybridized carbons (Fsp3) is 0.476. The summed E-state index contributed by atoms with van der Waals surface area (Å²) in [4.78, 5) is 42.7. The van der Waals surface area contributed by atoms with Gasteiger partial charge in [0.05, 0.1) is 0 Å². The summed E-state index contributed by atoms with van der Waals surface area (Å²) >= 11 is 0. The molecule has 4 rings (SSSR count). The van der Waals surface area contributed by atoms with Crippen molar-refractivity contribution >= 4 is 5.91 Å². The van der Waals surface area contributed by atoms with Crippen LogP contribution in [0.3, 0.4) is 0 Å². The Labute approximate surface area is 163 Å². The van der Waals surface area contributed by atoms with Crippen molar-refractivity contribution in [2.24, 2.45) is 0 Å². The van der Waals surface area contributed by atoms with Gasteiger partial charge in [0.15, 0.2) is 0 Å². The first-order valence-corrected chi connectivity index (χ1v) is 9.97. The van der Waals surface area contributed by atoms with Crippen molar-refractivity contribution in [1.29, 1.82) is 0 Å². The van der Waals surface area contributed by atoms with E-state index in [0.29, 0.717) is 6.04 Å². The Morgan fingerprint density at radius 2 is 1.86 bits per heavy atom. The number of aromatic nitrogens is 2. The number of rotatable bonds is 6. The molecule has 0 radical (unpaired) electrons. The highest BCUT2D eigenvalue weighted by Crippen LogP contribution is 2.29. The fourth-order valence-corrected chi connectivity index (χ4v) is 4.02. The van der Waals surface area contributed by atoms with Gasteiger partial charge in [0, 0.05) is 56.9 Å². The smallest absolute Gasteiger partial charge is 0.328 e. The second-order valence-corrected chi connectivity index (χ2v) is 7.71. The van der Waals surface area contributed by atoms with E-state index in [9.17, 15) is 14.4 Å². The van der Waals surface area contributed by atoms with E-state index in [1.807, 2.05) is 23.1 Å². The van der Waals surface area contributed by atoms with Crippen molar-refractivity contribution in [2.45, 2.75) is 44.3 Å². The number of benzene rings is 1. The Morgan fingerprint density at radius 1 is 1.07 bits per heavy atom. The van der Waals surface area contributed by atoms with Gasteiger partial charge in [-0.1, -0.05) is 30.3 Å². The van der Waals surface area contributed by atoms with Gasteiger partial charge in [-0.05, 0) is 24.8 Å². The molecule has 2 aromatic rings. The van der Waals surface area contributed by atoms with Crippen LogP contribution in [0.5, 0.6) is 0 Å². The molecule has 148 valence electrons. The lowest BCUT2D eigenvalue weighted by molar-refractivity contribution is -0.136. The summed E-state index contributed by atoms with van der Waals surface area (Å²) in [5.41, 5.74) is 0.339. The number of amides is 1. The quantitative estimate of drug-likeness (QED) is 0.803. The van der Waals surface area contributed by atoms with E-state index in [1.54, 1.807) is 0 Å². The highest BCUT2D eigenvalue weighted by molar-refractivity contribution is 5.76. The summed E-state index contributed by atoms with van der Waals surface area (Å²) in [6.45, 7) is 2.83. The third-order valence-electron chi connectivity index (χ3n) is 5.68. The number of nitrogens with one attached hydrogen (secondary N) is 1. The predicted octanol–water partition coefficient (Wildman–Crippen LogP) is 0.845. The van der Waals surface area contributed by atoms with Gasteiger partial charge in [0.2, 0.25) is 5.91 Å². The van der Waals surface area contributed by atoms with Gasteiger partial charge in [-0.25, -0.2) is 4.79 Å². The van der Waals surface area contributed by atoms with Crippen molar-refractivity contribution in [3.63, 3.8) is 0 Å². The largest absolute Gasteiger partial charge is 0.337 e. The van der Waals surface area contributed by atoms with Crippen LogP contribution in [-0.4, -0.2) is 57.0 Å². The minimum Gasteiger partial charge on any atom is -0.337 e. The lowest BCUT2D eigenvalue weighted by Gasteiger charge is -2.42. The van der Waals surface area contributed by atoms with Crippen LogP contribution in [0.1, 0.15) is 24.8 Å². The highest BCUT2D eigenvalue weighted by Gasteiger charge is 2.36. The number of hydrogen-bond acceptors (Lipinski definition) is 4. The minimum absolute atomic E-state index is 0.0643. The van der Waals surface area contributed by atoms with Gasteiger partial charge in [0.25, 0.3) is 5.56 Å². The van der Waals surface area contributed by atoms with Gasteiger partial charge in [0.1, 0.15) is 0 Å². The SMILES string of the molecule is O=C(CCn1ccc(=O)[nH]c1=O)N1CCN(C2CC2)CC1Cc1ccccc1. The van der Waals surface area contributed by atoms with E-state index < -0.39 is 11.2 Å². The first-order valence-electron chi connectivity index (χ1n) is 9.97. The molecule has 1 aliphatic heterocycles. The number of nitrogens with zero attached hydrogens (tertiary/aromatic N) is 3. The summed E-state index contributed by atoms with van der Waals surface area (Å²) in [5, 5.41) is 0. The number of H-pyrrole nitrogens is 1. The molecule has 1 amide bonds. The van der Waals surface area contributed by atoms with Gasteiger partial charge in [-0.15, -0.1) is 0 Å². The van der Waals surface area contributed by atoms with E-state index in [1.165, 1.54) is 35.2 Å². The molecule has 1 unspecified atom stereocenters. The Kier molecular flexibility index (Phi) is 5.43. The topological polar surface area (TPSA) is 78.4 Å². The maximum Gasteiger partial charge on any atom is 0.328 e. The first kappa shape index (κ1) is 18.7. The molecule has 28 heavy (non-hydrogen) atoms. The zero-order chi connectivity index (χ0) is 19.5. The number of carbonyl (C=O) groups is 1. The first-order chi connectivity index (χ1) is 13.6. The summed E-state index contributed by atoms with van der Waals surface area (Å²) in [5.74, 6) is 0.0643. The highest BCUT2D eigenvalue weighted by atomic mass is 16.2. The average molecular weight is 382 g/mol. The Bertz CT molecular complexity index is 932. The monoisotopic (exact) mass is 382 g/mol. The molecule has 2 aliphatic rings. The summed E-state index contributed by atoms with van der Waals surface area (Å²) in [7, 11) is 0. The van der Waals surface area contributed by atoms with Gasteiger partial charge >= 0.3 is 5.69 Å². The molecule has 1 saturated heterocycles. The van der Waals surface area contributed by atoms with Crippen LogP contribution in [0.25, 0.3) is 0 Å². The average Bonchev–Trinajstić information content (AvgIpc) is 3.53. The molecule has 2 heterocycles. The lowest BCUT2D eigenvalue weighted by atomic mass is 10.0. The fourth-order valence-electron chi connectivity index (χ4n) is 4.02. The molecular weight excluding hydrogens is 356 g/mol. The molecule has 1 saturated carbocycles. The molecule has 1 aromatic heterocycles. The number of piperazine rings is 1. The molecule has 1 aliphatic carbocycles. The molecule has 1 aromatic carbocycles. The van der Waals surface area contributed by atoms with Crippen molar-refractivity contribution in [1.82, 2.24) is 19.4 Å². The van der Waals surface area contributed by atoms with E-state index >= 15 is 0 Å². The summed E-state index contributed by atoms with van der Waals surface area (Å²) in [6.07, 6.45) is 5.07. The molecule has 7 heteroatoms. The molecule has 0 spiro atoms. The Hall–Kier alpha value is -2.67. The number of aryl methyl sites for hydroxylation is 1. The number of aromatic amines is 1. The normalized spacial score (nSPS) is 20.3. The van der Waals surface area contributed by atoms with Crippen molar-refractivity contribution in [3.05, 3.63) is 69.0 Å². The second kappa shape index (κ2) is 8.14. The van der Waals surface area contributed by atoms with Gasteiger partial charge in [-0.2, -0.15) is 0 Å². The van der Waals surface area contributed by atoms with E-state index in [2.05, 4.69) is 22.0 Å². The lowest BCUT2D eigenvalue weighted by Crippen LogP contribution is -2.56. The standard InChI is InChI=1S/C21H26N4O3/c26-19-8-10-23(21(28)22-19)11-9-20(27)25-13-12-24(17-6-7-17)15-18(25)14-16-4-2-1-3-5-16/h1-5,8,10,17-18H,6-7,9,11-15H2,(H,22,26,28). The molecule has 2 fully saturated rings. The number of carbonyl (C=O) groups excluding carboxylic acids is 1. The molecule has 7 nitrogen and oxygen atoms in total. The van der Waals surface area contributed by atoms with Crippen LogP contribution in [0.4, 0.5) is 0 Å². The van der Waals surface area contributed by atoms with Gasteiger partial charge in [-0.3, -0.25) is 19.5 Å². The van der Waals surface area contributed by atoms with E-state index in [4.69, 9.17) is 0 Å². The molecule has 0 bridgehead atoms. The van der Waals surface area contributed by atoms with E-state index in [0.717, 1.165) is 26.1 Å².